The number of aliphatic carboxylic acids is 1. The normalized spacial score (nSPS) is 26.0. The maximum absolute atomic E-state index is 11.1. The van der Waals surface area contributed by atoms with Crippen LogP contribution in [-0.4, -0.2) is 37.7 Å². The molecule has 1 rings (SSSR count). The Morgan fingerprint density at radius 3 is 2.41 bits per heavy atom. The van der Waals surface area contributed by atoms with E-state index < -0.39 is 20.2 Å². The van der Waals surface area contributed by atoms with Crippen LogP contribution < -0.4 is 0 Å². The van der Waals surface area contributed by atoms with Gasteiger partial charge < -0.3 is 14.3 Å². The Balaban J connectivity index is 2.56. The molecule has 0 aliphatic carbocycles. The molecule has 1 aliphatic rings. The topological polar surface area (TPSA) is 55.8 Å². The monoisotopic (exact) mass is 330 g/mol. The van der Waals surface area contributed by atoms with Crippen molar-refractivity contribution in [2.24, 2.45) is 5.92 Å². The van der Waals surface area contributed by atoms with Crippen molar-refractivity contribution in [1.29, 1.82) is 0 Å². The third kappa shape index (κ3) is 5.07. The van der Waals surface area contributed by atoms with Gasteiger partial charge in [0.1, 0.15) is 0 Å². The van der Waals surface area contributed by atoms with E-state index in [1.165, 1.54) is 0 Å². The van der Waals surface area contributed by atoms with Gasteiger partial charge in [-0.25, -0.2) is 0 Å². The highest BCUT2D eigenvalue weighted by Gasteiger charge is 2.40. The largest absolute Gasteiger partial charge is 0.481 e. The lowest BCUT2D eigenvalue weighted by molar-refractivity contribution is -0.146. The first-order chi connectivity index (χ1) is 9.98. The van der Waals surface area contributed by atoms with E-state index in [9.17, 15) is 4.79 Å². The Bertz CT molecular complexity index is 375. The minimum Gasteiger partial charge on any atom is -0.481 e. The fourth-order valence-electron chi connectivity index (χ4n) is 2.62. The van der Waals surface area contributed by atoms with Crippen LogP contribution in [0.25, 0.3) is 0 Å². The highest BCUT2D eigenvalue weighted by molar-refractivity contribution is 6.74. The molecule has 0 saturated carbocycles. The molecule has 130 valence electrons. The van der Waals surface area contributed by atoms with Crippen molar-refractivity contribution in [3.8, 4) is 0 Å². The summed E-state index contributed by atoms with van der Waals surface area (Å²) in [6.45, 7) is 15.2. The fourth-order valence-corrected chi connectivity index (χ4v) is 4.07. The molecule has 0 aromatic rings. The van der Waals surface area contributed by atoms with E-state index in [4.69, 9.17) is 14.3 Å². The number of carbonyl (C=O) groups is 1. The number of ether oxygens (including phenoxy) is 1. The standard InChI is InChI=1S/C17H34O4Si/c1-8-13(21-22(6,7)17(3,4)5)11-14-9-10-15(20-14)12(2)16(18)19/h12-15H,8-11H2,1-7H3,(H,18,19)/t12-,13-,14-,15+/m1/s1. The summed E-state index contributed by atoms with van der Waals surface area (Å²) in [5.41, 5.74) is 0. The van der Waals surface area contributed by atoms with Gasteiger partial charge in [0.25, 0.3) is 0 Å². The van der Waals surface area contributed by atoms with Gasteiger partial charge in [-0.15, -0.1) is 0 Å². The number of hydrogen-bond donors (Lipinski definition) is 1. The van der Waals surface area contributed by atoms with E-state index in [0.29, 0.717) is 0 Å². The van der Waals surface area contributed by atoms with Crippen LogP contribution in [-0.2, 0) is 14.0 Å². The van der Waals surface area contributed by atoms with Gasteiger partial charge in [-0.05, 0) is 50.7 Å². The first-order valence-corrected chi connectivity index (χ1v) is 11.4. The van der Waals surface area contributed by atoms with Crippen LogP contribution in [0.5, 0.6) is 0 Å². The van der Waals surface area contributed by atoms with Gasteiger partial charge in [0.2, 0.25) is 0 Å². The van der Waals surface area contributed by atoms with E-state index in [0.717, 1.165) is 25.7 Å². The number of carboxylic acids is 1. The third-order valence-electron chi connectivity index (χ3n) is 5.34. The fraction of sp³-hybridized carbons (Fsp3) is 0.941. The van der Waals surface area contributed by atoms with Crippen LogP contribution in [0.3, 0.4) is 0 Å². The lowest BCUT2D eigenvalue weighted by Gasteiger charge is -2.39. The van der Waals surface area contributed by atoms with Crippen LogP contribution >= 0.6 is 0 Å². The second-order valence-corrected chi connectivity index (χ2v) is 12.9. The van der Waals surface area contributed by atoms with Crippen LogP contribution in [0.1, 0.15) is 60.3 Å². The molecule has 1 heterocycles. The maximum atomic E-state index is 11.1. The lowest BCUT2D eigenvalue weighted by atomic mass is 10.0. The highest BCUT2D eigenvalue weighted by atomic mass is 28.4. The summed E-state index contributed by atoms with van der Waals surface area (Å²) in [4.78, 5) is 11.1. The smallest absolute Gasteiger partial charge is 0.308 e. The van der Waals surface area contributed by atoms with Crippen molar-refractivity contribution in [3.05, 3.63) is 0 Å². The van der Waals surface area contributed by atoms with Gasteiger partial charge in [0.05, 0.1) is 18.1 Å². The van der Waals surface area contributed by atoms with Crippen LogP contribution in [0.2, 0.25) is 18.1 Å². The molecule has 0 spiro atoms. The molecule has 0 aromatic carbocycles. The van der Waals surface area contributed by atoms with Gasteiger partial charge in [0.15, 0.2) is 8.32 Å². The molecule has 1 saturated heterocycles. The lowest BCUT2D eigenvalue weighted by Crippen LogP contribution is -2.44. The molecule has 0 bridgehead atoms. The van der Waals surface area contributed by atoms with Crippen molar-refractivity contribution in [2.45, 2.75) is 96.7 Å². The highest BCUT2D eigenvalue weighted by Crippen LogP contribution is 2.39. The molecule has 0 aromatic heterocycles. The Kier molecular flexibility index (Phi) is 6.66. The van der Waals surface area contributed by atoms with Gasteiger partial charge in [-0.1, -0.05) is 27.7 Å². The first kappa shape index (κ1) is 19.7. The van der Waals surface area contributed by atoms with Crippen LogP contribution in [0, 0.1) is 5.92 Å². The van der Waals surface area contributed by atoms with Gasteiger partial charge >= 0.3 is 5.97 Å². The van der Waals surface area contributed by atoms with Crippen LogP contribution in [0.4, 0.5) is 0 Å². The molecule has 22 heavy (non-hydrogen) atoms. The minimum absolute atomic E-state index is 0.140. The molecule has 4 atom stereocenters. The summed E-state index contributed by atoms with van der Waals surface area (Å²) in [7, 11) is -1.77. The van der Waals surface area contributed by atoms with E-state index in [2.05, 4.69) is 40.8 Å². The quantitative estimate of drug-likeness (QED) is 0.701. The molecule has 1 fully saturated rings. The molecular formula is C17H34O4Si. The predicted octanol–water partition coefficient (Wildman–Crippen LogP) is 4.45. The van der Waals surface area contributed by atoms with Crippen molar-refractivity contribution < 1.29 is 19.1 Å². The molecule has 1 aliphatic heterocycles. The van der Waals surface area contributed by atoms with E-state index in [1.54, 1.807) is 6.92 Å². The van der Waals surface area contributed by atoms with Crippen molar-refractivity contribution >= 4 is 14.3 Å². The van der Waals surface area contributed by atoms with E-state index in [-0.39, 0.29) is 23.4 Å². The third-order valence-corrected chi connectivity index (χ3v) is 9.87. The predicted molar refractivity (Wildman–Crippen MR) is 91.7 cm³/mol. The first-order valence-electron chi connectivity index (χ1n) is 8.54. The Hall–Kier alpha value is -0.393. The van der Waals surface area contributed by atoms with Crippen molar-refractivity contribution in [3.63, 3.8) is 0 Å². The molecule has 0 radical (unpaired) electrons. The second kappa shape index (κ2) is 7.45. The zero-order valence-corrected chi connectivity index (χ0v) is 16.3. The summed E-state index contributed by atoms with van der Waals surface area (Å²) < 4.78 is 12.5. The average molecular weight is 331 g/mol. The van der Waals surface area contributed by atoms with Crippen LogP contribution in [0.15, 0.2) is 0 Å². The molecule has 0 amide bonds. The Labute approximate surface area is 136 Å². The second-order valence-electron chi connectivity index (χ2n) is 8.14. The number of carboxylic acid groups (broad SMARTS) is 1. The summed E-state index contributed by atoms with van der Waals surface area (Å²) in [5.74, 6) is -1.19. The van der Waals surface area contributed by atoms with E-state index >= 15 is 0 Å². The molecule has 0 unspecified atom stereocenters. The van der Waals surface area contributed by atoms with Gasteiger partial charge in [-0.2, -0.15) is 0 Å². The zero-order valence-electron chi connectivity index (χ0n) is 15.3. The summed E-state index contributed by atoms with van der Waals surface area (Å²) in [5, 5.41) is 9.31. The summed E-state index contributed by atoms with van der Waals surface area (Å²) >= 11 is 0. The molecule has 4 nitrogen and oxygen atoms in total. The number of rotatable bonds is 7. The van der Waals surface area contributed by atoms with Crippen molar-refractivity contribution in [1.82, 2.24) is 0 Å². The molecule has 1 N–H and O–H groups in total. The minimum atomic E-state index is -1.77. The summed E-state index contributed by atoms with van der Waals surface area (Å²) in [6, 6.07) is 0. The van der Waals surface area contributed by atoms with E-state index in [1.807, 2.05) is 0 Å². The van der Waals surface area contributed by atoms with Gasteiger partial charge in [0, 0.05) is 6.10 Å². The molecule has 5 heteroatoms. The summed E-state index contributed by atoms with van der Waals surface area (Å²) in [6.07, 6.45) is 3.85. The molecular weight excluding hydrogens is 296 g/mol. The maximum Gasteiger partial charge on any atom is 0.308 e. The average Bonchev–Trinajstić information content (AvgIpc) is 2.83. The van der Waals surface area contributed by atoms with Gasteiger partial charge in [-0.3, -0.25) is 4.79 Å². The Morgan fingerprint density at radius 1 is 1.36 bits per heavy atom. The SMILES string of the molecule is CC[C@H](C[C@H]1CC[C@@H]([C@@H](C)C(=O)O)O1)O[Si](C)(C)C(C)(C)C. The number of hydrogen-bond acceptors (Lipinski definition) is 3. The Morgan fingerprint density at radius 2 is 1.95 bits per heavy atom. The van der Waals surface area contributed by atoms with Crippen molar-refractivity contribution in [2.75, 3.05) is 0 Å². The zero-order chi connectivity index (χ0) is 17.1.